The monoisotopic (exact) mass is 488 g/mol. The number of nitriles is 1. The highest BCUT2D eigenvalue weighted by atomic mass is 32.2. The Balaban J connectivity index is 1.66. The molecule has 5 rings (SSSR count). The van der Waals surface area contributed by atoms with E-state index in [-0.39, 0.29) is 29.6 Å². The quantitative estimate of drug-likeness (QED) is 0.478. The Morgan fingerprint density at radius 2 is 1.60 bits per heavy atom. The third-order valence-electron chi connectivity index (χ3n) is 6.84. The number of hydrogen-bond donors (Lipinski definition) is 0. The maximum absolute atomic E-state index is 13.9. The average molecular weight is 489 g/mol. The summed E-state index contributed by atoms with van der Waals surface area (Å²) >= 11 is 0. The van der Waals surface area contributed by atoms with Crippen LogP contribution < -0.4 is 13.8 Å². The molecule has 2 aliphatic heterocycles. The lowest BCUT2D eigenvalue weighted by atomic mass is 9.78. The van der Waals surface area contributed by atoms with Crippen molar-refractivity contribution in [2.24, 2.45) is 0 Å². The van der Waals surface area contributed by atoms with E-state index >= 15 is 0 Å². The second-order valence-electron chi connectivity index (χ2n) is 10.2. The second-order valence-corrected chi connectivity index (χ2v) is 12.1. The number of rotatable bonds is 3. The van der Waals surface area contributed by atoms with Crippen molar-refractivity contribution < 1.29 is 17.9 Å². The van der Waals surface area contributed by atoms with Gasteiger partial charge in [0, 0.05) is 18.5 Å². The first-order chi connectivity index (χ1) is 16.6. The van der Waals surface area contributed by atoms with E-state index in [4.69, 9.17) is 9.47 Å². The summed E-state index contributed by atoms with van der Waals surface area (Å²) in [4.78, 5) is 0.212. The topological polar surface area (TPSA) is 79.6 Å². The molecule has 0 spiro atoms. The maximum Gasteiger partial charge on any atom is 0.264 e. The smallest absolute Gasteiger partial charge is 0.264 e. The van der Waals surface area contributed by atoms with E-state index in [1.54, 1.807) is 36.4 Å². The molecule has 0 saturated heterocycles. The van der Waals surface area contributed by atoms with Crippen molar-refractivity contribution in [1.29, 1.82) is 5.26 Å². The van der Waals surface area contributed by atoms with Crippen LogP contribution in [0.25, 0.3) is 0 Å². The highest BCUT2D eigenvalue weighted by Gasteiger charge is 2.41. The number of sulfonamides is 1. The molecule has 0 aromatic heterocycles. The highest BCUT2D eigenvalue weighted by molar-refractivity contribution is 7.92. The summed E-state index contributed by atoms with van der Waals surface area (Å²) in [7, 11) is -3.89. The molecule has 35 heavy (non-hydrogen) atoms. The zero-order valence-corrected chi connectivity index (χ0v) is 21.1. The molecular weight excluding hydrogens is 460 g/mol. The molecule has 2 heterocycles. The first kappa shape index (κ1) is 23.3. The third kappa shape index (κ3) is 4.02. The predicted octanol–water partition coefficient (Wildman–Crippen LogP) is 5.62. The van der Waals surface area contributed by atoms with Gasteiger partial charge in [-0.25, -0.2) is 8.42 Å². The van der Waals surface area contributed by atoms with Crippen LogP contribution in [-0.2, 0) is 15.4 Å². The van der Waals surface area contributed by atoms with Gasteiger partial charge in [0.05, 0.1) is 22.6 Å². The summed E-state index contributed by atoms with van der Waals surface area (Å²) in [5.41, 5.74) is 4.17. The molecule has 6 nitrogen and oxygen atoms in total. The molecule has 0 amide bonds. The Morgan fingerprint density at radius 3 is 2.20 bits per heavy atom. The molecular formula is C28H28N2O4S. The van der Waals surface area contributed by atoms with Gasteiger partial charge in [-0.05, 0) is 47.2 Å². The predicted molar refractivity (Wildman–Crippen MR) is 135 cm³/mol. The largest absolute Gasteiger partial charge is 0.454 e. The first-order valence-electron chi connectivity index (χ1n) is 11.6. The highest BCUT2D eigenvalue weighted by Crippen LogP contribution is 2.50. The lowest BCUT2D eigenvalue weighted by Gasteiger charge is -2.38. The van der Waals surface area contributed by atoms with E-state index in [1.165, 1.54) is 9.87 Å². The normalized spacial score (nSPS) is 19.2. The van der Waals surface area contributed by atoms with Gasteiger partial charge in [-0.3, -0.25) is 4.31 Å². The Hall–Kier alpha value is -3.50. The van der Waals surface area contributed by atoms with Crippen LogP contribution in [0.3, 0.4) is 0 Å². The fourth-order valence-electron chi connectivity index (χ4n) is 4.76. The van der Waals surface area contributed by atoms with Gasteiger partial charge in [0.15, 0.2) is 11.5 Å². The molecule has 180 valence electrons. The molecule has 0 saturated carbocycles. The molecule has 2 atom stereocenters. The summed E-state index contributed by atoms with van der Waals surface area (Å²) in [6.45, 7) is 8.58. The molecule has 3 aromatic carbocycles. The molecule has 0 radical (unpaired) electrons. The molecule has 0 aliphatic carbocycles. The fraction of sp³-hybridized carbons (Fsp3) is 0.321. The van der Waals surface area contributed by atoms with E-state index in [9.17, 15) is 13.7 Å². The minimum atomic E-state index is -3.89. The van der Waals surface area contributed by atoms with Gasteiger partial charge in [0.25, 0.3) is 10.0 Å². The number of aryl methyl sites for hydroxylation is 1. The van der Waals surface area contributed by atoms with E-state index < -0.39 is 15.9 Å². The van der Waals surface area contributed by atoms with Gasteiger partial charge in [-0.15, -0.1) is 0 Å². The van der Waals surface area contributed by atoms with Crippen LogP contribution in [0, 0.1) is 18.3 Å². The van der Waals surface area contributed by atoms with E-state index in [0.717, 1.165) is 11.1 Å². The molecule has 2 aliphatic rings. The Labute approximate surface area is 206 Å². The van der Waals surface area contributed by atoms with Crippen molar-refractivity contribution in [3.05, 3.63) is 82.9 Å². The number of hydrogen-bond acceptors (Lipinski definition) is 5. The number of benzene rings is 3. The summed E-state index contributed by atoms with van der Waals surface area (Å²) in [6.07, 6.45) is 0. The lowest BCUT2D eigenvalue weighted by Crippen LogP contribution is -2.40. The van der Waals surface area contributed by atoms with E-state index in [2.05, 4.69) is 39.0 Å². The number of nitrogens with zero attached hydrogens (tertiary/aromatic N) is 2. The van der Waals surface area contributed by atoms with Crippen LogP contribution in [-0.4, -0.2) is 21.8 Å². The summed E-state index contributed by atoms with van der Waals surface area (Å²) < 4.78 is 40.3. The molecule has 0 fully saturated rings. The van der Waals surface area contributed by atoms with Crippen LogP contribution in [0.4, 0.5) is 5.69 Å². The van der Waals surface area contributed by atoms with Crippen LogP contribution in [0.15, 0.2) is 65.6 Å². The molecule has 0 unspecified atom stereocenters. The number of anilines is 1. The lowest BCUT2D eigenvalue weighted by molar-refractivity contribution is 0.174. The van der Waals surface area contributed by atoms with E-state index in [0.29, 0.717) is 22.7 Å². The van der Waals surface area contributed by atoms with E-state index in [1.807, 2.05) is 19.1 Å². The van der Waals surface area contributed by atoms with Gasteiger partial charge in [0.1, 0.15) is 0 Å². The molecule has 0 bridgehead atoms. The zero-order valence-electron chi connectivity index (χ0n) is 20.3. The number of fused-ring (bicyclic) bond motifs is 2. The summed E-state index contributed by atoms with van der Waals surface area (Å²) in [5, 5.41) is 10.2. The van der Waals surface area contributed by atoms with Crippen LogP contribution in [0.5, 0.6) is 11.5 Å². The van der Waals surface area contributed by atoms with Gasteiger partial charge >= 0.3 is 0 Å². The van der Waals surface area contributed by atoms with Crippen LogP contribution >= 0.6 is 0 Å². The summed E-state index contributed by atoms with van der Waals surface area (Å²) in [6, 6.07) is 20.9. The number of ether oxygens (including phenoxy) is 2. The Kier molecular flexibility index (Phi) is 5.52. The van der Waals surface area contributed by atoms with Crippen LogP contribution in [0.2, 0.25) is 0 Å². The Bertz CT molecular complexity index is 1420. The fourth-order valence-corrected chi connectivity index (χ4v) is 6.27. The zero-order chi connectivity index (χ0) is 25.0. The van der Waals surface area contributed by atoms with Crippen molar-refractivity contribution in [3.63, 3.8) is 0 Å². The van der Waals surface area contributed by atoms with Crippen molar-refractivity contribution in [3.8, 4) is 17.6 Å². The minimum absolute atomic E-state index is 0.00890. The maximum atomic E-state index is 13.9. The van der Waals surface area contributed by atoms with Crippen molar-refractivity contribution in [1.82, 2.24) is 0 Å². The van der Waals surface area contributed by atoms with Crippen LogP contribution in [0.1, 0.15) is 54.9 Å². The Morgan fingerprint density at radius 1 is 0.971 bits per heavy atom. The second kappa shape index (κ2) is 8.31. The average Bonchev–Trinajstić information content (AvgIpc) is 3.29. The van der Waals surface area contributed by atoms with Gasteiger partial charge in [0.2, 0.25) is 6.79 Å². The van der Waals surface area contributed by atoms with Crippen molar-refractivity contribution >= 4 is 15.7 Å². The molecule has 7 heteroatoms. The molecule has 3 aromatic rings. The standard InChI is InChI=1S/C28H28N2O4S/c1-18-5-11-21(12-6-18)35(31,32)30-16-24(19-7-9-20(10-8-19)28(2,3)4)23(15-29)22-13-26-27(14-25(22)30)34-17-33-26/h5-14,23-24H,16-17H2,1-4H3/t23-,24+/m1/s1. The van der Waals surface area contributed by atoms with Gasteiger partial charge < -0.3 is 9.47 Å². The summed E-state index contributed by atoms with van der Waals surface area (Å²) in [5.74, 6) is 0.129. The van der Waals surface area contributed by atoms with Gasteiger partial charge in [-0.1, -0.05) is 62.7 Å². The van der Waals surface area contributed by atoms with Crippen molar-refractivity contribution in [2.45, 2.75) is 49.8 Å². The van der Waals surface area contributed by atoms with Gasteiger partial charge in [-0.2, -0.15) is 5.26 Å². The SMILES string of the molecule is Cc1ccc(S(=O)(=O)N2C[C@@H](c3ccc(C(C)(C)C)cc3)[C@H](C#N)c3cc4c(cc32)OCO4)cc1. The molecule has 0 N–H and O–H groups in total. The first-order valence-corrected chi connectivity index (χ1v) is 13.1. The minimum Gasteiger partial charge on any atom is -0.454 e. The third-order valence-corrected chi connectivity index (χ3v) is 8.64. The van der Waals surface area contributed by atoms with Crippen molar-refractivity contribution in [2.75, 3.05) is 17.6 Å².